The number of hydrogen-bond donors (Lipinski definition) is 0. The summed E-state index contributed by atoms with van der Waals surface area (Å²) in [6.45, 7) is 4.55. The van der Waals surface area contributed by atoms with Gasteiger partial charge in [0.2, 0.25) is 0 Å². The van der Waals surface area contributed by atoms with Crippen molar-refractivity contribution in [2.24, 2.45) is 0 Å². The van der Waals surface area contributed by atoms with E-state index in [4.69, 9.17) is 0 Å². The van der Waals surface area contributed by atoms with E-state index in [-0.39, 0.29) is 0 Å². The second kappa shape index (κ2) is 6.24. The molecule has 66 valence electrons. The smallest absolute Gasteiger partial charge is 0.0623 e. The first-order valence-electron chi connectivity index (χ1n) is 3.67. The van der Waals surface area contributed by atoms with Gasteiger partial charge in [0.15, 0.2) is 0 Å². The van der Waals surface area contributed by atoms with Crippen molar-refractivity contribution in [3.63, 3.8) is 0 Å². The Morgan fingerprint density at radius 1 is 0.909 bits per heavy atom. The normalized spacial score (nSPS) is 33.3. The highest BCUT2D eigenvalue weighted by Gasteiger charge is 2.20. The maximum atomic E-state index is 2.28. The van der Waals surface area contributed by atoms with E-state index in [2.05, 4.69) is 25.6 Å². The fourth-order valence-corrected chi connectivity index (χ4v) is 11.2. The zero-order valence-electron chi connectivity index (χ0n) is 6.61. The van der Waals surface area contributed by atoms with Crippen molar-refractivity contribution in [2.45, 2.75) is 35.9 Å². The van der Waals surface area contributed by atoms with Crippen LogP contribution in [0.3, 0.4) is 0 Å². The minimum absolute atomic E-state index is 0.812. The quantitative estimate of drug-likeness (QED) is 0.633. The van der Waals surface area contributed by atoms with Crippen LogP contribution in [0.15, 0.2) is 0 Å². The molecule has 1 aliphatic rings. The summed E-state index contributed by atoms with van der Waals surface area (Å²) in [5.41, 5.74) is 0. The Hall–Kier alpha value is 1.75. The van der Waals surface area contributed by atoms with Crippen LogP contribution < -0.4 is 0 Å². The van der Waals surface area contributed by atoms with Crippen LogP contribution in [0.2, 0.25) is 0 Å². The van der Waals surface area contributed by atoms with Gasteiger partial charge in [-0.05, 0) is 32.5 Å². The summed E-state index contributed by atoms with van der Waals surface area (Å²) in [5.74, 6) is 0. The summed E-state index contributed by atoms with van der Waals surface area (Å²) < 4.78 is 1.62. The number of rotatable bonds is 2. The average Bonchev–Trinajstić information content (AvgIpc) is 2.28. The molecule has 5 heteroatoms. The predicted molar refractivity (Wildman–Crippen MR) is 66.1 cm³/mol. The van der Waals surface area contributed by atoms with Gasteiger partial charge >= 0.3 is 0 Å². The third-order valence-corrected chi connectivity index (χ3v) is 11.3. The molecule has 0 aromatic carbocycles. The fraction of sp³-hybridized carbons (Fsp3) is 1.00. The molecule has 0 amide bonds. The van der Waals surface area contributed by atoms with Gasteiger partial charge in [0.05, 0.1) is 9.16 Å². The molecule has 0 spiro atoms. The van der Waals surface area contributed by atoms with Gasteiger partial charge in [0, 0.05) is 0 Å². The van der Waals surface area contributed by atoms with Crippen molar-refractivity contribution in [2.75, 3.05) is 0 Å². The minimum Gasteiger partial charge on any atom is -0.131 e. The Bertz CT molecular complexity index is 95.1. The summed E-state index contributed by atoms with van der Waals surface area (Å²) in [7, 11) is 7.94. The lowest BCUT2D eigenvalue weighted by Crippen LogP contribution is -1.99. The standard InChI is InChI=1S/C6H12S5/c1-3-5-7-6(4-2)9-11-10-8-5/h5-6H,3-4H2,1-2H3. The molecule has 2 unspecified atom stereocenters. The molecular formula is C6H12S5. The molecule has 1 saturated heterocycles. The number of thioether (sulfide) groups is 1. The monoisotopic (exact) mass is 244 g/mol. The van der Waals surface area contributed by atoms with Crippen molar-refractivity contribution in [3.05, 3.63) is 0 Å². The van der Waals surface area contributed by atoms with Gasteiger partial charge < -0.3 is 0 Å². The maximum absolute atomic E-state index is 2.28. The lowest BCUT2D eigenvalue weighted by Gasteiger charge is -2.13. The molecule has 0 radical (unpaired) electrons. The third-order valence-electron chi connectivity index (χ3n) is 1.29. The SMILES string of the molecule is CCC1SSSSC(CC)S1. The minimum atomic E-state index is 0.812. The van der Waals surface area contributed by atoms with Crippen molar-refractivity contribution in [1.29, 1.82) is 0 Å². The van der Waals surface area contributed by atoms with Gasteiger partial charge in [-0.15, -0.1) is 11.8 Å². The van der Waals surface area contributed by atoms with E-state index in [9.17, 15) is 0 Å². The number of hydrogen-bond acceptors (Lipinski definition) is 5. The molecule has 0 aromatic rings. The molecule has 0 saturated carbocycles. The zero-order valence-corrected chi connectivity index (χ0v) is 10.7. The first-order valence-corrected chi connectivity index (χ1v) is 9.56. The highest BCUT2D eigenvalue weighted by Crippen LogP contribution is 2.57. The molecular weight excluding hydrogens is 232 g/mol. The molecule has 0 nitrogen and oxygen atoms in total. The lowest BCUT2D eigenvalue weighted by atomic mass is 10.6. The summed E-state index contributed by atoms with van der Waals surface area (Å²) >= 11 is 2.14. The third kappa shape index (κ3) is 3.98. The average molecular weight is 244 g/mol. The zero-order chi connectivity index (χ0) is 8.10. The van der Waals surface area contributed by atoms with Crippen LogP contribution in [0.25, 0.3) is 0 Å². The van der Waals surface area contributed by atoms with Gasteiger partial charge in [-0.2, -0.15) is 0 Å². The van der Waals surface area contributed by atoms with Crippen LogP contribution >= 0.6 is 53.0 Å². The van der Waals surface area contributed by atoms with Crippen LogP contribution in [0.5, 0.6) is 0 Å². The summed E-state index contributed by atoms with van der Waals surface area (Å²) in [5, 5.41) is 0. The molecule has 11 heavy (non-hydrogen) atoms. The highest BCUT2D eigenvalue weighted by molar-refractivity contribution is 9.27. The lowest BCUT2D eigenvalue weighted by molar-refractivity contribution is 1.03. The van der Waals surface area contributed by atoms with E-state index in [0.717, 1.165) is 9.16 Å². The Morgan fingerprint density at radius 2 is 1.36 bits per heavy atom. The maximum Gasteiger partial charge on any atom is 0.0623 e. The second-order valence-electron chi connectivity index (χ2n) is 2.14. The molecule has 0 N–H and O–H groups in total. The Morgan fingerprint density at radius 3 is 1.73 bits per heavy atom. The van der Waals surface area contributed by atoms with Crippen LogP contribution in [0.1, 0.15) is 26.7 Å². The van der Waals surface area contributed by atoms with Gasteiger partial charge in [-0.3, -0.25) is 0 Å². The van der Waals surface area contributed by atoms with Gasteiger partial charge in [0.1, 0.15) is 0 Å². The molecule has 1 heterocycles. The first-order chi connectivity index (χ1) is 5.36. The molecule has 1 fully saturated rings. The molecule has 1 aliphatic heterocycles. The second-order valence-corrected chi connectivity index (χ2v) is 10.4. The van der Waals surface area contributed by atoms with E-state index >= 15 is 0 Å². The van der Waals surface area contributed by atoms with Crippen molar-refractivity contribution < 1.29 is 0 Å². The Balaban J connectivity index is 2.33. The fourth-order valence-electron chi connectivity index (χ4n) is 0.663. The summed E-state index contributed by atoms with van der Waals surface area (Å²) in [4.78, 5) is 0. The topological polar surface area (TPSA) is 0 Å². The summed E-state index contributed by atoms with van der Waals surface area (Å²) in [6, 6.07) is 0. The molecule has 1 rings (SSSR count). The molecule has 0 aliphatic carbocycles. The molecule has 0 aromatic heterocycles. The highest BCUT2D eigenvalue weighted by atomic mass is 33.7. The van der Waals surface area contributed by atoms with Crippen LogP contribution in [-0.4, -0.2) is 9.16 Å². The van der Waals surface area contributed by atoms with Crippen molar-refractivity contribution in [3.8, 4) is 0 Å². The van der Waals surface area contributed by atoms with Crippen LogP contribution in [0.4, 0.5) is 0 Å². The summed E-state index contributed by atoms with van der Waals surface area (Å²) in [6.07, 6.45) is 2.58. The van der Waals surface area contributed by atoms with E-state index in [1.54, 1.807) is 0 Å². The van der Waals surface area contributed by atoms with Crippen LogP contribution in [0, 0.1) is 0 Å². The Kier molecular flexibility index (Phi) is 6.14. The van der Waals surface area contributed by atoms with Crippen molar-refractivity contribution in [1.82, 2.24) is 0 Å². The van der Waals surface area contributed by atoms with E-state index < -0.39 is 0 Å². The Labute approximate surface area is 88.4 Å². The molecule has 2 atom stereocenters. The van der Waals surface area contributed by atoms with Gasteiger partial charge in [-0.25, -0.2) is 0 Å². The van der Waals surface area contributed by atoms with E-state index in [0.29, 0.717) is 0 Å². The van der Waals surface area contributed by atoms with E-state index in [1.807, 2.05) is 41.2 Å². The van der Waals surface area contributed by atoms with Crippen molar-refractivity contribution >= 4 is 53.0 Å². The first kappa shape index (κ1) is 10.8. The van der Waals surface area contributed by atoms with Crippen LogP contribution in [-0.2, 0) is 0 Å². The largest absolute Gasteiger partial charge is 0.131 e. The molecule has 0 bridgehead atoms. The van der Waals surface area contributed by atoms with Gasteiger partial charge in [0.25, 0.3) is 0 Å². The van der Waals surface area contributed by atoms with E-state index in [1.165, 1.54) is 12.8 Å². The van der Waals surface area contributed by atoms with Gasteiger partial charge in [-0.1, -0.05) is 35.4 Å². The predicted octanol–water partition coefficient (Wildman–Crippen LogP) is 4.88.